The van der Waals surface area contributed by atoms with Gasteiger partial charge in [-0.15, -0.1) is 11.3 Å². The number of ether oxygens (including phenoxy) is 1. The SMILES string of the molecule is CCc1cc(C(=O)N2CCOC3(CCN(Cc4cccc(CCNCC(O)c5ccc(O)c6[nH]c(=O)sc56)c4)CC3)C2)cs1. The van der Waals surface area contributed by atoms with Gasteiger partial charge in [-0.3, -0.25) is 14.5 Å². The number of benzene rings is 2. The highest BCUT2D eigenvalue weighted by atomic mass is 32.1. The summed E-state index contributed by atoms with van der Waals surface area (Å²) in [5.41, 5.74) is 4.07. The number of hydrogen-bond acceptors (Lipinski definition) is 9. The number of likely N-dealkylation sites (tertiary alicyclic amines) is 1. The van der Waals surface area contributed by atoms with Gasteiger partial charge in [0, 0.05) is 48.5 Å². The number of aromatic hydroxyl groups is 1. The summed E-state index contributed by atoms with van der Waals surface area (Å²) in [4.78, 5) is 33.0. The number of aliphatic hydroxyl groups excluding tert-OH is 1. The van der Waals surface area contributed by atoms with Gasteiger partial charge in [0.15, 0.2) is 0 Å². The lowest BCUT2D eigenvalue weighted by Crippen LogP contribution is -2.57. The number of piperidine rings is 1. The molecule has 11 heteroatoms. The Kier molecular flexibility index (Phi) is 9.51. The zero-order valence-electron chi connectivity index (χ0n) is 25.0. The molecule has 4 N–H and O–H groups in total. The summed E-state index contributed by atoms with van der Waals surface area (Å²) < 4.78 is 6.91. The molecule has 6 rings (SSSR count). The second-order valence-electron chi connectivity index (χ2n) is 11.9. The third-order valence-electron chi connectivity index (χ3n) is 8.82. The van der Waals surface area contributed by atoms with Crippen LogP contribution in [0.5, 0.6) is 5.75 Å². The molecule has 2 aliphatic heterocycles. The van der Waals surface area contributed by atoms with Gasteiger partial charge >= 0.3 is 4.87 Å². The number of rotatable bonds is 10. The number of carbonyl (C=O) groups is 1. The van der Waals surface area contributed by atoms with Gasteiger partial charge in [-0.1, -0.05) is 48.6 Å². The van der Waals surface area contributed by atoms with Crippen LogP contribution < -0.4 is 10.2 Å². The molecule has 234 valence electrons. The molecule has 2 fully saturated rings. The first-order valence-corrected chi connectivity index (χ1v) is 17.1. The van der Waals surface area contributed by atoms with Gasteiger partial charge in [-0.25, -0.2) is 0 Å². The first-order valence-electron chi connectivity index (χ1n) is 15.4. The normalized spacial score (nSPS) is 17.8. The number of aromatic nitrogens is 1. The molecule has 1 unspecified atom stereocenters. The molecule has 0 aliphatic carbocycles. The summed E-state index contributed by atoms with van der Waals surface area (Å²) in [6.45, 7) is 7.83. The Balaban J connectivity index is 0.967. The molecular formula is C33H40N4O5S2. The van der Waals surface area contributed by atoms with E-state index in [2.05, 4.69) is 46.4 Å². The molecule has 1 amide bonds. The van der Waals surface area contributed by atoms with Gasteiger partial charge in [0.2, 0.25) is 0 Å². The minimum atomic E-state index is -0.791. The van der Waals surface area contributed by atoms with Crippen LogP contribution in [0.3, 0.4) is 0 Å². The molecule has 2 aromatic carbocycles. The fraction of sp³-hybridized carbons (Fsp3) is 0.455. The van der Waals surface area contributed by atoms with Gasteiger partial charge < -0.3 is 30.2 Å². The highest BCUT2D eigenvalue weighted by Gasteiger charge is 2.41. The van der Waals surface area contributed by atoms with E-state index in [0.717, 1.165) is 62.2 Å². The van der Waals surface area contributed by atoms with Gasteiger partial charge in [0.25, 0.3) is 5.91 Å². The molecule has 44 heavy (non-hydrogen) atoms. The average molecular weight is 637 g/mol. The lowest BCUT2D eigenvalue weighted by Gasteiger charge is -2.47. The van der Waals surface area contributed by atoms with Crippen LogP contribution in [-0.4, -0.2) is 82.4 Å². The van der Waals surface area contributed by atoms with Gasteiger partial charge in [0.1, 0.15) is 11.3 Å². The quantitative estimate of drug-likeness (QED) is 0.192. The number of aliphatic hydroxyl groups is 1. The fourth-order valence-corrected chi connectivity index (χ4v) is 8.05. The van der Waals surface area contributed by atoms with Crippen molar-refractivity contribution in [3.63, 3.8) is 0 Å². The Labute approximate surface area is 265 Å². The van der Waals surface area contributed by atoms with Crippen LogP contribution in [0.4, 0.5) is 0 Å². The van der Waals surface area contributed by atoms with Crippen molar-refractivity contribution in [1.29, 1.82) is 0 Å². The van der Waals surface area contributed by atoms with Crippen molar-refractivity contribution in [3.8, 4) is 5.75 Å². The molecule has 9 nitrogen and oxygen atoms in total. The highest BCUT2D eigenvalue weighted by Crippen LogP contribution is 2.33. The molecule has 2 saturated heterocycles. The number of carbonyl (C=O) groups excluding carboxylic acids is 1. The van der Waals surface area contributed by atoms with E-state index >= 15 is 0 Å². The maximum absolute atomic E-state index is 13.2. The van der Waals surface area contributed by atoms with Gasteiger partial charge in [-0.2, -0.15) is 0 Å². The predicted octanol–water partition coefficient (Wildman–Crippen LogP) is 4.29. The van der Waals surface area contributed by atoms with Gasteiger partial charge in [-0.05, 0) is 55.5 Å². The summed E-state index contributed by atoms with van der Waals surface area (Å²) in [6.07, 6.45) is 2.82. The number of nitrogens with zero attached hydrogens (tertiary/aromatic N) is 2. The second kappa shape index (κ2) is 13.5. The number of aromatic amines is 1. The number of H-pyrrole nitrogens is 1. The minimum absolute atomic E-state index is 0.00636. The molecule has 2 aliphatic rings. The average Bonchev–Trinajstić information content (AvgIpc) is 3.68. The summed E-state index contributed by atoms with van der Waals surface area (Å²) in [5, 5.41) is 26.1. The van der Waals surface area contributed by atoms with Crippen LogP contribution in [0.15, 0.2) is 52.6 Å². The van der Waals surface area contributed by atoms with Crippen molar-refractivity contribution in [1.82, 2.24) is 20.1 Å². The fourth-order valence-electron chi connectivity index (χ4n) is 6.33. The Morgan fingerprint density at radius 3 is 2.77 bits per heavy atom. The number of thiazole rings is 1. The summed E-state index contributed by atoms with van der Waals surface area (Å²) >= 11 is 2.66. The molecule has 1 atom stereocenters. The Morgan fingerprint density at radius 1 is 1.16 bits per heavy atom. The molecule has 2 aromatic heterocycles. The monoisotopic (exact) mass is 636 g/mol. The Morgan fingerprint density at radius 2 is 1.98 bits per heavy atom. The van der Waals surface area contributed by atoms with Crippen LogP contribution in [0.1, 0.15) is 57.8 Å². The molecule has 4 heterocycles. The minimum Gasteiger partial charge on any atom is -0.506 e. The van der Waals surface area contributed by atoms with Crippen LogP contribution in [0, 0.1) is 0 Å². The number of fused-ring (bicyclic) bond motifs is 1. The van der Waals surface area contributed by atoms with Crippen LogP contribution >= 0.6 is 22.7 Å². The van der Waals surface area contributed by atoms with Crippen LogP contribution in [0.2, 0.25) is 0 Å². The van der Waals surface area contributed by atoms with Crippen molar-refractivity contribution in [3.05, 3.63) is 84.6 Å². The number of thiophene rings is 1. The third-order valence-corrected chi connectivity index (χ3v) is 10.8. The number of nitrogens with one attached hydrogen (secondary N) is 2. The van der Waals surface area contributed by atoms with E-state index in [4.69, 9.17) is 4.74 Å². The standard InChI is InChI=1S/C33H40N4O5S2/c1-2-25-17-24(20-43-25)31(40)37-14-15-42-33(21-37)9-12-36(13-10-33)19-23-5-3-4-22(16-23)8-11-34-18-28(39)26-6-7-27(38)29-30(26)44-32(41)35-29/h3-7,16-17,20,28,34,38-39H,2,8-15,18-19,21H2,1H3,(H,35,41). The molecular weight excluding hydrogens is 597 g/mol. The lowest BCUT2D eigenvalue weighted by atomic mass is 9.89. The van der Waals surface area contributed by atoms with Crippen LogP contribution in [0.25, 0.3) is 10.2 Å². The van der Waals surface area contributed by atoms with Crippen LogP contribution in [-0.2, 0) is 24.1 Å². The summed E-state index contributed by atoms with van der Waals surface area (Å²) in [6, 6.07) is 13.9. The number of hydrogen-bond donors (Lipinski definition) is 4. The summed E-state index contributed by atoms with van der Waals surface area (Å²) in [5.74, 6) is 0.135. The van der Waals surface area contributed by atoms with E-state index in [1.807, 2.05) is 16.3 Å². The predicted molar refractivity (Wildman–Crippen MR) is 175 cm³/mol. The number of morpholine rings is 1. The molecule has 0 bridgehead atoms. The van der Waals surface area contributed by atoms with Crippen molar-refractivity contribution in [2.75, 3.05) is 45.9 Å². The van der Waals surface area contributed by atoms with E-state index in [1.54, 1.807) is 17.4 Å². The zero-order chi connectivity index (χ0) is 30.7. The Bertz CT molecular complexity index is 1660. The zero-order valence-corrected chi connectivity index (χ0v) is 26.6. The van der Waals surface area contributed by atoms with E-state index in [9.17, 15) is 19.8 Å². The smallest absolute Gasteiger partial charge is 0.305 e. The van der Waals surface area contributed by atoms with E-state index < -0.39 is 6.10 Å². The molecule has 0 saturated carbocycles. The number of phenols is 1. The first kappa shape index (κ1) is 30.9. The maximum atomic E-state index is 13.2. The van der Waals surface area contributed by atoms with E-state index in [0.29, 0.717) is 48.6 Å². The summed E-state index contributed by atoms with van der Waals surface area (Å²) in [7, 11) is 0. The van der Waals surface area contributed by atoms with E-state index in [-0.39, 0.29) is 22.1 Å². The Hall–Kier alpha value is -3.06. The number of phenolic OH excluding ortho intramolecular Hbond substituents is 1. The highest BCUT2D eigenvalue weighted by molar-refractivity contribution is 7.16. The van der Waals surface area contributed by atoms with Crippen molar-refractivity contribution in [2.24, 2.45) is 0 Å². The molecule has 0 radical (unpaired) electrons. The maximum Gasteiger partial charge on any atom is 0.305 e. The van der Waals surface area contributed by atoms with E-state index in [1.165, 1.54) is 22.1 Å². The number of aryl methyl sites for hydroxylation is 1. The van der Waals surface area contributed by atoms with Crippen molar-refractivity contribution in [2.45, 2.75) is 50.9 Å². The topological polar surface area (TPSA) is 118 Å². The largest absolute Gasteiger partial charge is 0.506 e. The first-order chi connectivity index (χ1) is 21.3. The lowest BCUT2D eigenvalue weighted by molar-refractivity contribution is -0.127. The van der Waals surface area contributed by atoms with Crippen molar-refractivity contribution >= 4 is 38.8 Å². The molecule has 4 aromatic rings. The second-order valence-corrected chi connectivity index (χ2v) is 13.9. The van der Waals surface area contributed by atoms with Gasteiger partial charge in [0.05, 0.1) is 35.1 Å². The molecule has 1 spiro atoms. The number of amides is 1. The third kappa shape index (κ3) is 6.93. The van der Waals surface area contributed by atoms with Crippen molar-refractivity contribution < 1.29 is 19.7 Å².